The molecule has 2 heterocycles. The summed E-state index contributed by atoms with van der Waals surface area (Å²) in [6.07, 6.45) is 3.20. The lowest BCUT2D eigenvalue weighted by molar-refractivity contribution is 0.209. The van der Waals surface area contributed by atoms with E-state index in [2.05, 4.69) is 9.97 Å². The van der Waals surface area contributed by atoms with Crippen LogP contribution in [0.4, 0.5) is 0 Å². The van der Waals surface area contributed by atoms with Gasteiger partial charge in [-0.25, -0.2) is 9.97 Å². The third-order valence-corrected chi connectivity index (χ3v) is 2.92. The van der Waals surface area contributed by atoms with Crippen molar-refractivity contribution in [3.05, 3.63) is 48.0 Å². The molecular formula is C14H14N2O3. The third-order valence-electron chi connectivity index (χ3n) is 2.92. The summed E-state index contributed by atoms with van der Waals surface area (Å²) in [6, 6.07) is 7.10. The van der Waals surface area contributed by atoms with Crippen molar-refractivity contribution in [2.24, 2.45) is 0 Å². The zero-order chi connectivity index (χ0) is 13.1. The summed E-state index contributed by atoms with van der Waals surface area (Å²) in [5, 5.41) is 10.2. The first-order valence-corrected chi connectivity index (χ1v) is 6.19. The van der Waals surface area contributed by atoms with Crippen molar-refractivity contribution in [1.29, 1.82) is 0 Å². The maximum atomic E-state index is 10.2. The largest absolute Gasteiger partial charge is 0.490 e. The molecule has 1 N–H and O–H groups in total. The average molecular weight is 258 g/mol. The number of nitrogens with zero attached hydrogens (tertiary/aromatic N) is 2. The summed E-state index contributed by atoms with van der Waals surface area (Å²) in [5.74, 6) is 1.74. The second kappa shape index (κ2) is 5.24. The lowest BCUT2D eigenvalue weighted by atomic mass is 10.1. The molecule has 19 heavy (non-hydrogen) atoms. The summed E-state index contributed by atoms with van der Waals surface area (Å²) in [6.45, 7) is 1.27. The highest BCUT2D eigenvalue weighted by Gasteiger charge is 2.17. The lowest BCUT2D eigenvalue weighted by Crippen LogP contribution is -2.05. The zero-order valence-electron chi connectivity index (χ0n) is 10.3. The van der Waals surface area contributed by atoms with Crippen LogP contribution in [-0.2, 0) is 0 Å². The van der Waals surface area contributed by atoms with E-state index in [0.29, 0.717) is 36.1 Å². The third kappa shape index (κ3) is 2.51. The van der Waals surface area contributed by atoms with Crippen LogP contribution in [0, 0.1) is 0 Å². The van der Waals surface area contributed by atoms with Gasteiger partial charge in [-0.1, -0.05) is 6.07 Å². The Morgan fingerprint density at radius 1 is 1.05 bits per heavy atom. The molecule has 0 spiro atoms. The van der Waals surface area contributed by atoms with Crippen LogP contribution in [-0.4, -0.2) is 28.3 Å². The number of fused-ring (bicyclic) bond motifs is 1. The van der Waals surface area contributed by atoms with E-state index in [4.69, 9.17) is 9.47 Å². The molecule has 1 aliphatic rings. The van der Waals surface area contributed by atoms with Crippen LogP contribution in [0.3, 0.4) is 0 Å². The maximum Gasteiger partial charge on any atom is 0.161 e. The second-order valence-electron chi connectivity index (χ2n) is 4.27. The topological polar surface area (TPSA) is 64.5 Å². The smallest absolute Gasteiger partial charge is 0.161 e. The molecule has 1 aliphatic heterocycles. The fourth-order valence-electron chi connectivity index (χ4n) is 1.95. The number of aromatic nitrogens is 2. The van der Waals surface area contributed by atoms with E-state index in [1.54, 1.807) is 30.6 Å². The van der Waals surface area contributed by atoms with Gasteiger partial charge in [0, 0.05) is 18.8 Å². The standard InChI is InChI=1S/C14H14N2O3/c17-13(14-15-5-1-6-16-14)10-3-4-11-12(9-10)19-8-2-7-18-11/h1,3-6,9,13,17H,2,7-8H2. The van der Waals surface area contributed by atoms with Crippen molar-refractivity contribution in [2.75, 3.05) is 13.2 Å². The predicted octanol–water partition coefficient (Wildman–Crippen LogP) is 1.72. The summed E-state index contributed by atoms with van der Waals surface area (Å²) in [7, 11) is 0. The molecule has 0 aliphatic carbocycles. The number of aliphatic hydroxyl groups excluding tert-OH is 1. The Kier molecular flexibility index (Phi) is 3.29. The molecule has 1 aromatic heterocycles. The van der Waals surface area contributed by atoms with Gasteiger partial charge in [0.25, 0.3) is 0 Å². The number of rotatable bonds is 2. The minimum atomic E-state index is -0.863. The first kappa shape index (κ1) is 11.9. The Hall–Kier alpha value is -2.14. The lowest BCUT2D eigenvalue weighted by Gasteiger charge is -2.12. The number of aliphatic hydroxyl groups is 1. The van der Waals surface area contributed by atoms with Gasteiger partial charge in [0.15, 0.2) is 17.3 Å². The van der Waals surface area contributed by atoms with Crippen molar-refractivity contribution in [1.82, 2.24) is 9.97 Å². The van der Waals surface area contributed by atoms with Crippen LogP contribution in [0.5, 0.6) is 11.5 Å². The molecule has 3 rings (SSSR count). The number of hydrogen-bond acceptors (Lipinski definition) is 5. The Bertz CT molecular complexity index is 560. The fourth-order valence-corrected chi connectivity index (χ4v) is 1.95. The summed E-state index contributed by atoms with van der Waals surface area (Å²) >= 11 is 0. The van der Waals surface area contributed by atoms with Crippen molar-refractivity contribution in [2.45, 2.75) is 12.5 Å². The molecule has 0 amide bonds. The first-order chi connectivity index (χ1) is 9.34. The molecule has 5 heteroatoms. The van der Waals surface area contributed by atoms with Crippen LogP contribution in [0.25, 0.3) is 0 Å². The summed E-state index contributed by atoms with van der Waals surface area (Å²) in [4.78, 5) is 8.10. The molecule has 1 aromatic carbocycles. The highest BCUT2D eigenvalue weighted by Crippen LogP contribution is 2.33. The molecule has 1 unspecified atom stereocenters. The van der Waals surface area contributed by atoms with Crippen molar-refractivity contribution < 1.29 is 14.6 Å². The van der Waals surface area contributed by atoms with Crippen molar-refractivity contribution >= 4 is 0 Å². The van der Waals surface area contributed by atoms with Crippen LogP contribution >= 0.6 is 0 Å². The highest BCUT2D eigenvalue weighted by molar-refractivity contribution is 5.44. The van der Waals surface area contributed by atoms with E-state index in [0.717, 1.165) is 6.42 Å². The molecule has 0 saturated heterocycles. The number of hydrogen-bond donors (Lipinski definition) is 1. The van der Waals surface area contributed by atoms with Gasteiger partial charge in [-0.3, -0.25) is 0 Å². The van der Waals surface area contributed by atoms with Gasteiger partial charge in [0.2, 0.25) is 0 Å². The Balaban J connectivity index is 1.91. The first-order valence-electron chi connectivity index (χ1n) is 6.19. The molecular weight excluding hydrogens is 244 g/mol. The van der Waals surface area contributed by atoms with E-state index in [1.165, 1.54) is 0 Å². The fraction of sp³-hybridized carbons (Fsp3) is 0.286. The summed E-state index contributed by atoms with van der Waals surface area (Å²) < 4.78 is 11.1. The Labute approximate surface area is 110 Å². The average Bonchev–Trinajstić information content (AvgIpc) is 2.72. The maximum absolute atomic E-state index is 10.2. The molecule has 2 aromatic rings. The molecule has 98 valence electrons. The van der Waals surface area contributed by atoms with Crippen molar-refractivity contribution in [3.63, 3.8) is 0 Å². The van der Waals surface area contributed by atoms with Crippen LogP contribution in [0.15, 0.2) is 36.7 Å². The zero-order valence-corrected chi connectivity index (χ0v) is 10.3. The van der Waals surface area contributed by atoms with E-state index >= 15 is 0 Å². The van der Waals surface area contributed by atoms with Gasteiger partial charge < -0.3 is 14.6 Å². The summed E-state index contributed by atoms with van der Waals surface area (Å²) in [5.41, 5.74) is 0.690. The van der Waals surface area contributed by atoms with Gasteiger partial charge in [-0.2, -0.15) is 0 Å². The van der Waals surface area contributed by atoms with Gasteiger partial charge in [0.05, 0.1) is 13.2 Å². The number of ether oxygens (including phenoxy) is 2. The van der Waals surface area contributed by atoms with Crippen LogP contribution < -0.4 is 9.47 Å². The monoisotopic (exact) mass is 258 g/mol. The Morgan fingerprint density at radius 2 is 1.79 bits per heavy atom. The molecule has 1 atom stereocenters. The van der Waals surface area contributed by atoms with E-state index in [1.807, 2.05) is 6.07 Å². The van der Waals surface area contributed by atoms with Crippen LogP contribution in [0.1, 0.15) is 23.9 Å². The molecule has 0 radical (unpaired) electrons. The molecule has 5 nitrogen and oxygen atoms in total. The number of benzene rings is 1. The Morgan fingerprint density at radius 3 is 2.58 bits per heavy atom. The van der Waals surface area contributed by atoms with E-state index in [9.17, 15) is 5.11 Å². The predicted molar refractivity (Wildman–Crippen MR) is 68.1 cm³/mol. The minimum Gasteiger partial charge on any atom is -0.490 e. The second-order valence-corrected chi connectivity index (χ2v) is 4.27. The minimum absolute atomic E-state index is 0.372. The van der Waals surface area contributed by atoms with Crippen LogP contribution in [0.2, 0.25) is 0 Å². The van der Waals surface area contributed by atoms with Crippen molar-refractivity contribution in [3.8, 4) is 11.5 Å². The van der Waals surface area contributed by atoms with Gasteiger partial charge in [-0.05, 0) is 23.8 Å². The molecule has 0 saturated carbocycles. The van der Waals surface area contributed by atoms with Gasteiger partial charge in [-0.15, -0.1) is 0 Å². The molecule has 0 fully saturated rings. The van der Waals surface area contributed by atoms with E-state index in [-0.39, 0.29) is 0 Å². The SMILES string of the molecule is OC(c1ccc2c(c1)OCCCO2)c1ncccn1. The molecule has 0 bridgehead atoms. The van der Waals surface area contributed by atoms with Gasteiger partial charge >= 0.3 is 0 Å². The normalized spacial score (nSPS) is 15.6. The van der Waals surface area contributed by atoms with Gasteiger partial charge in [0.1, 0.15) is 6.10 Å². The quantitative estimate of drug-likeness (QED) is 0.888. The van der Waals surface area contributed by atoms with E-state index < -0.39 is 6.10 Å². The highest BCUT2D eigenvalue weighted by atomic mass is 16.5.